The summed E-state index contributed by atoms with van der Waals surface area (Å²) in [5, 5.41) is 0. The Morgan fingerprint density at radius 2 is 1.93 bits per heavy atom. The van der Waals surface area contributed by atoms with Crippen LogP contribution in [-0.2, 0) is 0 Å². The summed E-state index contributed by atoms with van der Waals surface area (Å²) in [6, 6.07) is 11.2. The first-order valence-corrected chi connectivity index (χ1v) is 8.04. The van der Waals surface area contributed by atoms with Crippen LogP contribution in [0.25, 0.3) is 0 Å². The van der Waals surface area contributed by atoms with E-state index in [2.05, 4.69) is 31.1 Å². The summed E-state index contributed by atoms with van der Waals surface area (Å²) >= 11 is 0. The van der Waals surface area contributed by atoms with Gasteiger partial charge in [-0.25, -0.2) is 0 Å². The maximum Gasteiger partial charge on any atom is 0.136 e. The minimum absolute atomic E-state index is 1.06. The third-order valence-electron chi connectivity index (χ3n) is 1.97. The zero-order chi connectivity index (χ0) is 10.4. The summed E-state index contributed by atoms with van der Waals surface area (Å²) in [4.78, 5) is 0. The number of hydrogen-bond donors (Lipinski definition) is 0. The van der Waals surface area contributed by atoms with Crippen LogP contribution in [0.5, 0.6) is 0 Å². The van der Waals surface area contributed by atoms with Crippen LogP contribution in [-0.4, -0.2) is 8.07 Å². The highest BCUT2D eigenvalue weighted by Gasteiger charge is 2.14. The minimum atomic E-state index is -1.37. The van der Waals surface area contributed by atoms with Gasteiger partial charge in [-0.15, -0.1) is 12.1 Å². The minimum Gasteiger partial charge on any atom is -0.126 e. The van der Waals surface area contributed by atoms with Crippen LogP contribution < -0.4 is 0 Å². The van der Waals surface area contributed by atoms with Crippen molar-refractivity contribution >= 4 is 8.07 Å². The first-order chi connectivity index (χ1) is 6.64. The van der Waals surface area contributed by atoms with E-state index in [1.807, 2.05) is 36.4 Å². The number of benzene rings is 1. The summed E-state index contributed by atoms with van der Waals surface area (Å²) in [6.45, 7) is 8.30. The molecule has 0 N–H and O–H groups in total. The second-order valence-electron chi connectivity index (χ2n) is 3.99. The van der Waals surface area contributed by atoms with E-state index in [4.69, 9.17) is 0 Å². The second kappa shape index (κ2) is 4.83. The lowest BCUT2D eigenvalue weighted by atomic mass is 10.2. The predicted molar refractivity (Wildman–Crippen MR) is 65.8 cm³/mol. The molecule has 0 aliphatic rings. The van der Waals surface area contributed by atoms with Gasteiger partial charge in [-0.1, -0.05) is 43.3 Å². The molecule has 72 valence electrons. The molecule has 0 saturated heterocycles. The third kappa shape index (κ3) is 3.63. The van der Waals surface area contributed by atoms with Crippen molar-refractivity contribution in [1.82, 2.24) is 0 Å². The van der Waals surface area contributed by atoms with Crippen LogP contribution >= 0.6 is 0 Å². The average molecular weight is 200 g/mol. The summed E-state index contributed by atoms with van der Waals surface area (Å²) in [5.74, 6) is 3.23. The molecule has 0 unspecified atom stereocenters. The molecule has 0 aliphatic carbocycles. The topological polar surface area (TPSA) is 0 Å². The van der Waals surface area contributed by atoms with E-state index in [1.54, 1.807) is 0 Å². The van der Waals surface area contributed by atoms with Gasteiger partial charge in [-0.3, -0.25) is 0 Å². The fraction of sp³-hybridized carbons (Fsp3) is 0.231. The van der Waals surface area contributed by atoms with Crippen molar-refractivity contribution in [2.24, 2.45) is 0 Å². The summed E-state index contributed by atoms with van der Waals surface area (Å²) in [6.07, 6.45) is 1.98. The molecule has 0 saturated carbocycles. The molecule has 0 bridgehead atoms. The monoisotopic (exact) mass is 200 g/mol. The van der Waals surface area contributed by atoms with Crippen LogP contribution in [0.3, 0.4) is 0 Å². The summed E-state index contributed by atoms with van der Waals surface area (Å²) < 4.78 is 0. The van der Waals surface area contributed by atoms with Crippen LogP contribution in [0, 0.1) is 11.5 Å². The van der Waals surface area contributed by atoms with E-state index in [1.165, 1.54) is 0 Å². The van der Waals surface area contributed by atoms with Gasteiger partial charge in [-0.2, -0.15) is 0 Å². The molecule has 0 spiro atoms. The molecule has 1 aromatic rings. The Labute approximate surface area is 87.7 Å². The first kappa shape index (κ1) is 10.8. The quantitative estimate of drug-likeness (QED) is 0.389. The Kier molecular flexibility index (Phi) is 3.73. The van der Waals surface area contributed by atoms with Gasteiger partial charge in [0.15, 0.2) is 0 Å². The maximum atomic E-state index is 3.77. The standard InChI is InChI=1S/C13H16Si/c1-4-11-14(2,3)12-10-13-8-6-5-7-9-13/h4-9H,1,11H2,2-3H3. The second-order valence-corrected chi connectivity index (χ2v) is 8.42. The molecule has 0 fully saturated rings. The van der Waals surface area contributed by atoms with Gasteiger partial charge >= 0.3 is 0 Å². The molecule has 1 aromatic carbocycles. The van der Waals surface area contributed by atoms with Gasteiger partial charge < -0.3 is 0 Å². The normalized spacial score (nSPS) is 10.1. The number of allylic oxidation sites excluding steroid dienone is 1. The highest BCUT2D eigenvalue weighted by atomic mass is 28.3. The van der Waals surface area contributed by atoms with Crippen molar-refractivity contribution in [2.75, 3.05) is 0 Å². The highest BCUT2D eigenvalue weighted by molar-refractivity contribution is 6.85. The van der Waals surface area contributed by atoms with Crippen molar-refractivity contribution in [1.29, 1.82) is 0 Å². The SMILES string of the molecule is C=CC[Si](C)(C)C#Cc1ccccc1. The fourth-order valence-electron chi connectivity index (χ4n) is 1.17. The molecule has 1 rings (SSSR count). The van der Waals surface area contributed by atoms with Crippen molar-refractivity contribution in [2.45, 2.75) is 19.1 Å². The average Bonchev–Trinajstić information content (AvgIpc) is 2.17. The van der Waals surface area contributed by atoms with Crippen molar-refractivity contribution < 1.29 is 0 Å². The van der Waals surface area contributed by atoms with Crippen LogP contribution in [0.1, 0.15) is 5.56 Å². The Morgan fingerprint density at radius 3 is 2.50 bits per heavy atom. The lowest BCUT2D eigenvalue weighted by Gasteiger charge is -2.10. The molecule has 0 radical (unpaired) electrons. The van der Waals surface area contributed by atoms with Gasteiger partial charge in [-0.05, 0) is 18.2 Å². The zero-order valence-electron chi connectivity index (χ0n) is 8.88. The largest absolute Gasteiger partial charge is 0.136 e. The van der Waals surface area contributed by atoms with E-state index < -0.39 is 8.07 Å². The van der Waals surface area contributed by atoms with E-state index >= 15 is 0 Å². The Hall–Kier alpha value is -1.26. The molecule has 0 aromatic heterocycles. The van der Waals surface area contributed by atoms with Crippen LogP contribution in [0.15, 0.2) is 43.0 Å². The Balaban J connectivity index is 2.77. The van der Waals surface area contributed by atoms with E-state index in [-0.39, 0.29) is 0 Å². The maximum absolute atomic E-state index is 3.77. The number of hydrogen-bond acceptors (Lipinski definition) is 0. The summed E-state index contributed by atoms with van der Waals surface area (Å²) in [5.41, 5.74) is 4.50. The van der Waals surface area contributed by atoms with Crippen molar-refractivity contribution in [3.05, 3.63) is 48.6 Å². The molecule has 1 heteroatoms. The van der Waals surface area contributed by atoms with Gasteiger partial charge in [0.2, 0.25) is 0 Å². The molecule has 0 aliphatic heterocycles. The molecule has 0 heterocycles. The summed E-state index contributed by atoms with van der Waals surface area (Å²) in [7, 11) is -1.37. The molecular formula is C13H16Si. The molecule has 14 heavy (non-hydrogen) atoms. The van der Waals surface area contributed by atoms with Crippen LogP contribution in [0.4, 0.5) is 0 Å². The highest BCUT2D eigenvalue weighted by Crippen LogP contribution is 2.08. The molecular weight excluding hydrogens is 184 g/mol. The fourth-order valence-corrected chi connectivity index (χ4v) is 2.48. The van der Waals surface area contributed by atoms with Gasteiger partial charge in [0.05, 0.1) is 0 Å². The van der Waals surface area contributed by atoms with E-state index in [0.717, 1.165) is 11.6 Å². The molecule has 0 nitrogen and oxygen atoms in total. The van der Waals surface area contributed by atoms with Crippen LogP contribution in [0.2, 0.25) is 19.1 Å². The Bertz CT molecular complexity index is 352. The molecule has 0 amide bonds. The third-order valence-corrected chi connectivity index (χ3v) is 4.08. The number of rotatable bonds is 2. The predicted octanol–water partition coefficient (Wildman–Crippen LogP) is 3.47. The van der Waals surface area contributed by atoms with Gasteiger partial charge in [0, 0.05) is 5.56 Å². The lowest BCUT2D eigenvalue weighted by molar-refractivity contribution is 1.57. The van der Waals surface area contributed by atoms with Gasteiger partial charge in [0.1, 0.15) is 8.07 Å². The molecule has 0 atom stereocenters. The zero-order valence-corrected chi connectivity index (χ0v) is 9.88. The smallest absolute Gasteiger partial charge is 0.126 e. The van der Waals surface area contributed by atoms with E-state index in [9.17, 15) is 0 Å². The van der Waals surface area contributed by atoms with Gasteiger partial charge in [0.25, 0.3) is 0 Å². The van der Waals surface area contributed by atoms with E-state index in [0.29, 0.717) is 0 Å². The lowest BCUT2D eigenvalue weighted by Crippen LogP contribution is -2.21. The Morgan fingerprint density at radius 1 is 1.29 bits per heavy atom. The van der Waals surface area contributed by atoms with Crippen molar-refractivity contribution in [3.8, 4) is 11.5 Å². The first-order valence-electron chi connectivity index (χ1n) is 4.83. The van der Waals surface area contributed by atoms with Crippen molar-refractivity contribution in [3.63, 3.8) is 0 Å².